The second-order valence-corrected chi connectivity index (χ2v) is 10.5. The van der Waals surface area contributed by atoms with E-state index in [1.807, 2.05) is 24.3 Å². The number of carbonyl (C=O) groups excluding carboxylic acids is 1. The standard InChI is InChI=1S/C23H28ClN3O4S/c24-19-7-5-18(6-8-19)17-26-11-9-20(10-12-26)25-23(28)21-3-1-2-4-22(21)32(29,30)27-13-15-31-16-14-27/h1-8,20H,9-17H2,(H,25,28). The summed E-state index contributed by atoms with van der Waals surface area (Å²) in [4.78, 5) is 15.4. The lowest BCUT2D eigenvalue weighted by Crippen LogP contribution is -2.45. The Kier molecular flexibility index (Phi) is 7.48. The molecule has 2 heterocycles. The van der Waals surface area contributed by atoms with E-state index in [1.165, 1.54) is 15.9 Å². The van der Waals surface area contributed by atoms with Gasteiger partial charge in [0.05, 0.1) is 23.7 Å². The quantitative estimate of drug-likeness (QED) is 0.692. The van der Waals surface area contributed by atoms with E-state index >= 15 is 0 Å². The third kappa shape index (κ3) is 5.50. The van der Waals surface area contributed by atoms with Gasteiger partial charge in [0, 0.05) is 43.8 Å². The molecule has 2 aliphatic rings. The van der Waals surface area contributed by atoms with Crippen LogP contribution in [0.2, 0.25) is 5.02 Å². The van der Waals surface area contributed by atoms with Crippen molar-refractivity contribution in [2.75, 3.05) is 39.4 Å². The van der Waals surface area contributed by atoms with Gasteiger partial charge in [0.25, 0.3) is 5.91 Å². The first-order valence-corrected chi connectivity index (χ1v) is 12.7. The van der Waals surface area contributed by atoms with Gasteiger partial charge in [-0.15, -0.1) is 0 Å². The fourth-order valence-electron chi connectivity index (χ4n) is 4.15. The maximum atomic E-state index is 13.1. The minimum absolute atomic E-state index is 0.0168. The number of hydrogen-bond donors (Lipinski definition) is 1. The number of likely N-dealkylation sites (tertiary alicyclic amines) is 1. The Morgan fingerprint density at radius 3 is 2.34 bits per heavy atom. The third-order valence-corrected chi connectivity index (χ3v) is 8.17. The molecule has 2 aromatic carbocycles. The van der Waals surface area contributed by atoms with Crippen molar-refractivity contribution in [3.63, 3.8) is 0 Å². The highest BCUT2D eigenvalue weighted by Crippen LogP contribution is 2.22. The van der Waals surface area contributed by atoms with E-state index in [9.17, 15) is 13.2 Å². The fourth-order valence-corrected chi connectivity index (χ4v) is 5.87. The minimum atomic E-state index is -3.75. The van der Waals surface area contributed by atoms with Gasteiger partial charge in [0.2, 0.25) is 10.0 Å². The van der Waals surface area contributed by atoms with Crippen LogP contribution in [0, 0.1) is 0 Å². The number of rotatable bonds is 6. The zero-order valence-electron chi connectivity index (χ0n) is 17.9. The molecule has 1 N–H and O–H groups in total. The van der Waals surface area contributed by atoms with E-state index in [1.54, 1.807) is 18.2 Å². The molecule has 0 atom stereocenters. The Hall–Kier alpha value is -1.97. The summed E-state index contributed by atoms with van der Waals surface area (Å²) in [5.41, 5.74) is 1.40. The molecule has 0 aromatic heterocycles. The molecule has 0 spiro atoms. The number of ether oxygens (including phenoxy) is 1. The molecule has 32 heavy (non-hydrogen) atoms. The summed E-state index contributed by atoms with van der Waals surface area (Å²) in [6.07, 6.45) is 1.63. The highest BCUT2D eigenvalue weighted by molar-refractivity contribution is 7.89. The van der Waals surface area contributed by atoms with Crippen molar-refractivity contribution < 1.29 is 17.9 Å². The molecule has 0 aliphatic carbocycles. The van der Waals surface area contributed by atoms with Gasteiger partial charge in [-0.2, -0.15) is 4.31 Å². The molecule has 9 heteroatoms. The summed E-state index contributed by atoms with van der Waals surface area (Å²) in [6.45, 7) is 3.89. The molecule has 1 amide bonds. The van der Waals surface area contributed by atoms with Gasteiger partial charge in [-0.1, -0.05) is 35.9 Å². The normalized spacial score (nSPS) is 19.0. The average Bonchev–Trinajstić information content (AvgIpc) is 2.82. The lowest BCUT2D eigenvalue weighted by Gasteiger charge is -2.32. The molecule has 4 rings (SSSR count). The van der Waals surface area contributed by atoms with E-state index in [4.69, 9.17) is 16.3 Å². The molecular formula is C23H28ClN3O4S. The van der Waals surface area contributed by atoms with Crippen molar-refractivity contribution in [3.05, 3.63) is 64.7 Å². The third-order valence-electron chi connectivity index (χ3n) is 5.96. The topological polar surface area (TPSA) is 79.0 Å². The van der Waals surface area contributed by atoms with Crippen LogP contribution in [0.25, 0.3) is 0 Å². The second kappa shape index (κ2) is 10.3. The molecule has 2 aromatic rings. The number of hydrogen-bond acceptors (Lipinski definition) is 5. The molecule has 172 valence electrons. The van der Waals surface area contributed by atoms with Crippen LogP contribution in [0.3, 0.4) is 0 Å². The van der Waals surface area contributed by atoms with Crippen LogP contribution in [0.15, 0.2) is 53.4 Å². The lowest BCUT2D eigenvalue weighted by atomic mass is 10.0. The number of piperidine rings is 1. The van der Waals surface area contributed by atoms with Gasteiger partial charge < -0.3 is 10.1 Å². The van der Waals surface area contributed by atoms with Gasteiger partial charge in [0.15, 0.2) is 0 Å². The summed E-state index contributed by atoms with van der Waals surface area (Å²) >= 11 is 5.96. The summed E-state index contributed by atoms with van der Waals surface area (Å²) in [6, 6.07) is 14.3. The van der Waals surface area contributed by atoms with Gasteiger partial charge >= 0.3 is 0 Å². The predicted molar refractivity (Wildman–Crippen MR) is 123 cm³/mol. The lowest BCUT2D eigenvalue weighted by molar-refractivity contribution is 0.0729. The summed E-state index contributed by atoms with van der Waals surface area (Å²) in [5.74, 6) is -0.339. The number of morpholine rings is 1. The molecule has 0 radical (unpaired) electrons. The van der Waals surface area contributed by atoms with Gasteiger partial charge in [-0.3, -0.25) is 9.69 Å². The largest absolute Gasteiger partial charge is 0.379 e. The SMILES string of the molecule is O=C(NC1CCN(Cc2ccc(Cl)cc2)CC1)c1ccccc1S(=O)(=O)N1CCOCC1. The summed E-state index contributed by atoms with van der Waals surface area (Å²) in [5, 5.41) is 3.78. The van der Waals surface area contributed by atoms with Crippen molar-refractivity contribution in [1.82, 2.24) is 14.5 Å². The van der Waals surface area contributed by atoms with Crippen molar-refractivity contribution >= 4 is 27.5 Å². The van der Waals surface area contributed by atoms with Crippen molar-refractivity contribution in [2.24, 2.45) is 0 Å². The molecular weight excluding hydrogens is 450 g/mol. The molecule has 0 unspecified atom stereocenters. The maximum absolute atomic E-state index is 13.1. The number of carbonyl (C=O) groups is 1. The van der Waals surface area contributed by atoms with Crippen LogP contribution in [0.4, 0.5) is 0 Å². The number of nitrogens with one attached hydrogen (secondary N) is 1. The first-order valence-electron chi connectivity index (χ1n) is 10.9. The van der Waals surface area contributed by atoms with Crippen LogP contribution in [0.5, 0.6) is 0 Å². The Labute approximate surface area is 194 Å². The Morgan fingerprint density at radius 1 is 1.00 bits per heavy atom. The van der Waals surface area contributed by atoms with Crippen LogP contribution in [-0.2, 0) is 21.3 Å². The van der Waals surface area contributed by atoms with E-state index in [-0.39, 0.29) is 22.4 Å². The highest BCUT2D eigenvalue weighted by atomic mass is 35.5. The number of benzene rings is 2. The monoisotopic (exact) mass is 477 g/mol. The first kappa shape index (κ1) is 23.2. The van der Waals surface area contributed by atoms with Gasteiger partial charge in [-0.05, 0) is 42.7 Å². The number of sulfonamides is 1. The fraction of sp³-hybridized carbons (Fsp3) is 0.435. The molecule has 0 bridgehead atoms. The smallest absolute Gasteiger partial charge is 0.252 e. The van der Waals surface area contributed by atoms with Crippen molar-refractivity contribution in [3.8, 4) is 0 Å². The van der Waals surface area contributed by atoms with Crippen LogP contribution >= 0.6 is 11.6 Å². The Balaban J connectivity index is 1.37. The molecule has 7 nitrogen and oxygen atoms in total. The van der Waals surface area contributed by atoms with Gasteiger partial charge in [0.1, 0.15) is 0 Å². The number of amides is 1. The van der Waals surface area contributed by atoms with Crippen molar-refractivity contribution in [1.29, 1.82) is 0 Å². The predicted octanol–water partition coefficient (Wildman–Crippen LogP) is 2.76. The zero-order valence-corrected chi connectivity index (χ0v) is 19.4. The molecule has 2 aliphatic heterocycles. The summed E-state index contributed by atoms with van der Waals surface area (Å²) in [7, 11) is -3.75. The number of nitrogens with zero attached hydrogens (tertiary/aromatic N) is 2. The Morgan fingerprint density at radius 2 is 1.66 bits per heavy atom. The van der Waals surface area contributed by atoms with E-state index < -0.39 is 10.0 Å². The molecule has 2 saturated heterocycles. The minimum Gasteiger partial charge on any atom is -0.379 e. The van der Waals surface area contributed by atoms with E-state index in [0.29, 0.717) is 26.3 Å². The summed E-state index contributed by atoms with van der Waals surface area (Å²) < 4.78 is 32.9. The molecule has 2 fully saturated rings. The zero-order chi connectivity index (χ0) is 22.6. The van der Waals surface area contributed by atoms with Crippen LogP contribution in [-0.4, -0.2) is 69.0 Å². The molecule has 0 saturated carbocycles. The second-order valence-electron chi connectivity index (χ2n) is 8.16. The van der Waals surface area contributed by atoms with E-state index in [0.717, 1.165) is 37.5 Å². The highest BCUT2D eigenvalue weighted by Gasteiger charge is 2.31. The van der Waals surface area contributed by atoms with Crippen LogP contribution < -0.4 is 5.32 Å². The number of halogens is 1. The van der Waals surface area contributed by atoms with Crippen molar-refractivity contribution in [2.45, 2.75) is 30.3 Å². The first-order chi connectivity index (χ1) is 15.4. The average molecular weight is 478 g/mol. The Bertz CT molecular complexity index is 1030. The maximum Gasteiger partial charge on any atom is 0.252 e. The van der Waals surface area contributed by atoms with Gasteiger partial charge in [-0.25, -0.2) is 8.42 Å². The van der Waals surface area contributed by atoms with Crippen LogP contribution in [0.1, 0.15) is 28.8 Å². The van der Waals surface area contributed by atoms with E-state index in [2.05, 4.69) is 10.2 Å².